The zero-order valence-corrected chi connectivity index (χ0v) is 10.5. The fraction of sp³-hybridized carbons (Fsp3) is 1.00. The maximum atomic E-state index is 6.59. The van der Waals surface area contributed by atoms with Crippen molar-refractivity contribution in [3.05, 3.63) is 0 Å². The average Bonchev–Trinajstić information content (AvgIpc) is 2.64. The highest BCUT2D eigenvalue weighted by atomic mass is 14.8. The molecule has 3 atom stereocenters. The van der Waals surface area contributed by atoms with E-state index in [9.17, 15) is 0 Å². The predicted molar refractivity (Wildman–Crippen MR) is 65.7 cm³/mol. The molecule has 15 heavy (non-hydrogen) atoms. The molecule has 2 aliphatic rings. The van der Waals surface area contributed by atoms with Gasteiger partial charge in [0.2, 0.25) is 0 Å². The average molecular weight is 209 g/mol. The second-order valence-electron chi connectivity index (χ2n) is 6.41. The molecule has 88 valence electrons. The zero-order chi connectivity index (χ0) is 10.9. The van der Waals surface area contributed by atoms with E-state index in [-0.39, 0.29) is 5.54 Å². The quantitative estimate of drug-likeness (QED) is 0.737. The molecule has 0 aromatic heterocycles. The largest absolute Gasteiger partial charge is 0.325 e. The standard InChI is InChI=1S/C14H27N/c1-11-7-8-14(15,9-12(11)2)10-13-5-3-4-6-13/h11-13H,3-10,15H2,1-2H3. The molecule has 0 saturated heterocycles. The van der Waals surface area contributed by atoms with Crippen LogP contribution in [0.3, 0.4) is 0 Å². The topological polar surface area (TPSA) is 26.0 Å². The van der Waals surface area contributed by atoms with Crippen LogP contribution in [0.15, 0.2) is 0 Å². The minimum atomic E-state index is 0.195. The Kier molecular flexibility index (Phi) is 3.39. The molecule has 3 unspecified atom stereocenters. The second kappa shape index (κ2) is 4.45. The molecule has 0 heterocycles. The Morgan fingerprint density at radius 2 is 1.73 bits per heavy atom. The van der Waals surface area contributed by atoms with Crippen molar-refractivity contribution in [1.29, 1.82) is 0 Å². The van der Waals surface area contributed by atoms with Crippen LogP contribution in [-0.4, -0.2) is 5.54 Å². The van der Waals surface area contributed by atoms with Crippen LogP contribution < -0.4 is 5.73 Å². The van der Waals surface area contributed by atoms with Crippen molar-refractivity contribution in [3.8, 4) is 0 Å². The normalized spacial score (nSPS) is 43.4. The van der Waals surface area contributed by atoms with Crippen LogP contribution in [0, 0.1) is 17.8 Å². The summed E-state index contributed by atoms with van der Waals surface area (Å²) in [4.78, 5) is 0. The van der Waals surface area contributed by atoms with E-state index in [0.717, 1.165) is 17.8 Å². The Labute approximate surface area is 94.8 Å². The molecular formula is C14H27N. The second-order valence-corrected chi connectivity index (χ2v) is 6.41. The summed E-state index contributed by atoms with van der Waals surface area (Å²) in [5.41, 5.74) is 6.79. The summed E-state index contributed by atoms with van der Waals surface area (Å²) >= 11 is 0. The highest BCUT2D eigenvalue weighted by Crippen LogP contribution is 2.41. The lowest BCUT2D eigenvalue weighted by Crippen LogP contribution is -2.47. The first-order valence-electron chi connectivity index (χ1n) is 6.88. The van der Waals surface area contributed by atoms with Crippen LogP contribution in [0.5, 0.6) is 0 Å². The van der Waals surface area contributed by atoms with Crippen molar-refractivity contribution in [2.45, 2.75) is 70.8 Å². The maximum absolute atomic E-state index is 6.59. The van der Waals surface area contributed by atoms with Crippen LogP contribution in [0.1, 0.15) is 65.2 Å². The van der Waals surface area contributed by atoms with Gasteiger partial charge in [-0.25, -0.2) is 0 Å². The van der Waals surface area contributed by atoms with Crippen LogP contribution in [0.4, 0.5) is 0 Å². The van der Waals surface area contributed by atoms with E-state index in [0.29, 0.717) is 0 Å². The molecule has 2 aliphatic carbocycles. The highest BCUT2D eigenvalue weighted by Gasteiger charge is 2.36. The molecule has 0 aromatic carbocycles. The van der Waals surface area contributed by atoms with Gasteiger partial charge in [-0.1, -0.05) is 39.5 Å². The molecule has 1 heteroatoms. The third-order valence-corrected chi connectivity index (χ3v) is 4.97. The van der Waals surface area contributed by atoms with Crippen molar-refractivity contribution in [2.75, 3.05) is 0 Å². The van der Waals surface area contributed by atoms with E-state index in [4.69, 9.17) is 5.73 Å². The minimum absolute atomic E-state index is 0.195. The molecule has 2 N–H and O–H groups in total. The lowest BCUT2D eigenvalue weighted by atomic mass is 9.68. The van der Waals surface area contributed by atoms with Crippen LogP contribution in [0.25, 0.3) is 0 Å². The van der Waals surface area contributed by atoms with Crippen molar-refractivity contribution in [1.82, 2.24) is 0 Å². The minimum Gasteiger partial charge on any atom is -0.325 e. The van der Waals surface area contributed by atoms with E-state index in [1.807, 2.05) is 0 Å². The van der Waals surface area contributed by atoms with Gasteiger partial charge in [-0.15, -0.1) is 0 Å². The molecule has 0 aromatic rings. The predicted octanol–water partition coefficient (Wildman–Crippen LogP) is 3.72. The smallest absolute Gasteiger partial charge is 0.0159 e. The number of hydrogen-bond donors (Lipinski definition) is 1. The van der Waals surface area contributed by atoms with Crippen molar-refractivity contribution in [2.24, 2.45) is 23.5 Å². The first-order valence-corrected chi connectivity index (χ1v) is 6.88. The Balaban J connectivity index is 1.88. The molecule has 2 rings (SSSR count). The molecule has 0 spiro atoms. The van der Waals surface area contributed by atoms with Crippen molar-refractivity contribution >= 4 is 0 Å². The Hall–Kier alpha value is -0.0400. The zero-order valence-electron chi connectivity index (χ0n) is 10.5. The fourth-order valence-electron chi connectivity index (χ4n) is 3.72. The highest BCUT2D eigenvalue weighted by molar-refractivity contribution is 4.93. The van der Waals surface area contributed by atoms with Gasteiger partial charge in [-0.05, 0) is 43.4 Å². The summed E-state index contributed by atoms with van der Waals surface area (Å²) < 4.78 is 0. The molecule has 2 saturated carbocycles. The van der Waals surface area contributed by atoms with Crippen molar-refractivity contribution in [3.63, 3.8) is 0 Å². The molecule has 1 nitrogen and oxygen atoms in total. The first kappa shape index (κ1) is 11.4. The fourth-order valence-corrected chi connectivity index (χ4v) is 3.72. The van der Waals surface area contributed by atoms with E-state index in [1.165, 1.54) is 51.4 Å². The van der Waals surface area contributed by atoms with Crippen molar-refractivity contribution < 1.29 is 0 Å². The summed E-state index contributed by atoms with van der Waals surface area (Å²) in [6.45, 7) is 4.78. The third kappa shape index (κ3) is 2.75. The molecule has 2 fully saturated rings. The van der Waals surface area contributed by atoms with Gasteiger partial charge >= 0.3 is 0 Å². The van der Waals surface area contributed by atoms with Gasteiger partial charge in [0, 0.05) is 5.54 Å². The third-order valence-electron chi connectivity index (χ3n) is 4.97. The summed E-state index contributed by atoms with van der Waals surface area (Å²) in [7, 11) is 0. The number of rotatable bonds is 2. The van der Waals surface area contributed by atoms with Gasteiger partial charge in [-0.2, -0.15) is 0 Å². The first-order chi connectivity index (χ1) is 7.09. The molecular weight excluding hydrogens is 182 g/mol. The lowest BCUT2D eigenvalue weighted by Gasteiger charge is -2.41. The summed E-state index contributed by atoms with van der Waals surface area (Å²) in [6.07, 6.45) is 11.0. The monoisotopic (exact) mass is 209 g/mol. The molecule has 0 aliphatic heterocycles. The maximum Gasteiger partial charge on any atom is 0.0159 e. The van der Waals surface area contributed by atoms with E-state index < -0.39 is 0 Å². The number of hydrogen-bond acceptors (Lipinski definition) is 1. The van der Waals surface area contributed by atoms with Gasteiger partial charge in [-0.3, -0.25) is 0 Å². The van der Waals surface area contributed by atoms with E-state index in [2.05, 4.69) is 13.8 Å². The van der Waals surface area contributed by atoms with Crippen LogP contribution >= 0.6 is 0 Å². The molecule has 0 bridgehead atoms. The van der Waals surface area contributed by atoms with Gasteiger partial charge in [0.05, 0.1) is 0 Å². The Morgan fingerprint density at radius 1 is 1.07 bits per heavy atom. The molecule has 0 amide bonds. The van der Waals surface area contributed by atoms with Crippen LogP contribution in [0.2, 0.25) is 0 Å². The number of nitrogens with two attached hydrogens (primary N) is 1. The van der Waals surface area contributed by atoms with Gasteiger partial charge in [0.25, 0.3) is 0 Å². The van der Waals surface area contributed by atoms with E-state index in [1.54, 1.807) is 0 Å². The summed E-state index contributed by atoms with van der Waals surface area (Å²) in [5.74, 6) is 2.69. The van der Waals surface area contributed by atoms with Gasteiger partial charge in [0.15, 0.2) is 0 Å². The summed E-state index contributed by atoms with van der Waals surface area (Å²) in [5, 5.41) is 0. The van der Waals surface area contributed by atoms with Gasteiger partial charge < -0.3 is 5.73 Å². The Bertz CT molecular complexity index is 207. The van der Waals surface area contributed by atoms with Crippen LogP contribution in [-0.2, 0) is 0 Å². The molecule has 0 radical (unpaired) electrons. The Morgan fingerprint density at radius 3 is 2.33 bits per heavy atom. The van der Waals surface area contributed by atoms with E-state index >= 15 is 0 Å². The lowest BCUT2D eigenvalue weighted by molar-refractivity contribution is 0.150. The van der Waals surface area contributed by atoms with Gasteiger partial charge in [0.1, 0.15) is 0 Å². The summed E-state index contributed by atoms with van der Waals surface area (Å²) in [6, 6.07) is 0. The SMILES string of the molecule is CC1CCC(N)(CC2CCCC2)CC1C.